The summed E-state index contributed by atoms with van der Waals surface area (Å²) in [6, 6.07) is 29.9. The Balaban J connectivity index is 1.21. The molecule has 1 aliphatic carbocycles. The van der Waals surface area contributed by atoms with Crippen LogP contribution >= 0.6 is 0 Å². The lowest BCUT2D eigenvalue weighted by Gasteiger charge is -2.30. The van der Waals surface area contributed by atoms with Crippen LogP contribution in [0.1, 0.15) is 92.0 Å². The Morgan fingerprint density at radius 3 is 1.85 bits per heavy atom. The molecule has 1 atom stereocenters. The summed E-state index contributed by atoms with van der Waals surface area (Å²) < 4.78 is 0. The zero-order valence-electron chi connectivity index (χ0n) is 21.3. The molecule has 0 radical (unpaired) electrons. The molecular formula is C34H42. The van der Waals surface area contributed by atoms with Gasteiger partial charge in [-0.05, 0) is 110 Å². The fraction of sp³-hybridized carbons (Fsp3) is 0.412. The maximum Gasteiger partial charge on any atom is -0.0162 e. The van der Waals surface area contributed by atoms with Gasteiger partial charge in [0.15, 0.2) is 0 Å². The second kappa shape index (κ2) is 12.7. The highest BCUT2D eigenvalue weighted by atomic mass is 14.3. The van der Waals surface area contributed by atoms with Crippen molar-refractivity contribution in [1.82, 2.24) is 0 Å². The van der Waals surface area contributed by atoms with E-state index in [1.165, 1.54) is 54.4 Å². The van der Waals surface area contributed by atoms with Gasteiger partial charge in [-0.15, -0.1) is 0 Å². The molecule has 0 unspecified atom stereocenters. The Morgan fingerprint density at radius 2 is 1.26 bits per heavy atom. The van der Waals surface area contributed by atoms with Crippen molar-refractivity contribution < 1.29 is 0 Å². The minimum absolute atomic E-state index is 0.677. The van der Waals surface area contributed by atoms with Crippen molar-refractivity contribution >= 4 is 0 Å². The van der Waals surface area contributed by atoms with Gasteiger partial charge in [-0.1, -0.05) is 97.9 Å². The van der Waals surface area contributed by atoms with Gasteiger partial charge in [-0.25, -0.2) is 0 Å². The maximum absolute atomic E-state index is 2.41. The van der Waals surface area contributed by atoms with Crippen molar-refractivity contribution in [3.63, 3.8) is 0 Å². The summed E-state index contributed by atoms with van der Waals surface area (Å²) in [5, 5.41) is 0. The van der Waals surface area contributed by atoms with Crippen LogP contribution in [0.3, 0.4) is 0 Å². The first-order valence-electron chi connectivity index (χ1n) is 13.5. The van der Waals surface area contributed by atoms with Gasteiger partial charge in [-0.3, -0.25) is 0 Å². The molecule has 0 aliphatic heterocycles. The molecule has 3 aromatic carbocycles. The third kappa shape index (κ3) is 7.20. The number of aryl methyl sites for hydroxylation is 3. The van der Waals surface area contributed by atoms with E-state index in [-0.39, 0.29) is 0 Å². The van der Waals surface area contributed by atoms with Crippen molar-refractivity contribution in [2.75, 3.05) is 0 Å². The largest absolute Gasteiger partial charge is 0.0917 e. The average molecular weight is 451 g/mol. The Kier molecular flexibility index (Phi) is 9.19. The molecule has 0 heterocycles. The molecule has 0 heteroatoms. The molecule has 0 N–H and O–H groups in total. The fourth-order valence-corrected chi connectivity index (χ4v) is 5.68. The predicted molar refractivity (Wildman–Crippen MR) is 148 cm³/mol. The predicted octanol–water partition coefficient (Wildman–Crippen LogP) is 9.45. The standard InChI is InChI=1S/C34H42/c1-3-4-6-9-28-12-14-29(15-13-28)16-17-30-18-22-33(23-19-30)34-24-20-31(21-25-34)26-27(2)32-10-7-5-8-11-32/h3-5,7-8,10-15,18-19,22-23,27,31,34H,6,9,16-17,20-21,24-26H2,1-2H3/t27-,31?,34?/m1/s1. The molecule has 0 saturated heterocycles. The minimum Gasteiger partial charge on any atom is -0.0917 e. The molecule has 0 nitrogen and oxygen atoms in total. The van der Waals surface area contributed by atoms with E-state index in [0.717, 1.165) is 37.5 Å². The minimum atomic E-state index is 0.677. The van der Waals surface area contributed by atoms with Crippen LogP contribution in [0.25, 0.3) is 0 Å². The van der Waals surface area contributed by atoms with E-state index in [4.69, 9.17) is 0 Å². The third-order valence-corrected chi connectivity index (χ3v) is 7.91. The van der Waals surface area contributed by atoms with Crippen LogP contribution in [0, 0.1) is 5.92 Å². The monoisotopic (exact) mass is 450 g/mol. The summed E-state index contributed by atoms with van der Waals surface area (Å²) in [5.74, 6) is 2.32. The fourth-order valence-electron chi connectivity index (χ4n) is 5.68. The first-order valence-corrected chi connectivity index (χ1v) is 13.5. The molecule has 4 rings (SSSR count). The van der Waals surface area contributed by atoms with Crippen LogP contribution in [0.5, 0.6) is 0 Å². The highest BCUT2D eigenvalue weighted by Gasteiger charge is 2.24. The summed E-state index contributed by atoms with van der Waals surface area (Å²) in [6.45, 7) is 4.49. The Labute approximate surface area is 208 Å². The van der Waals surface area contributed by atoms with Crippen LogP contribution in [0.4, 0.5) is 0 Å². The number of hydrogen-bond acceptors (Lipinski definition) is 0. The SMILES string of the molecule is CC=CCCc1ccc(CCc2ccc(C3CCC(C[C@@H](C)c4ccccc4)CC3)cc2)cc1. The van der Waals surface area contributed by atoms with E-state index in [2.05, 4.69) is 105 Å². The van der Waals surface area contributed by atoms with Crippen LogP contribution in [-0.2, 0) is 19.3 Å². The first kappa shape index (κ1) is 24.5. The lowest BCUT2D eigenvalue weighted by molar-refractivity contribution is 0.297. The lowest BCUT2D eigenvalue weighted by atomic mass is 9.75. The van der Waals surface area contributed by atoms with Crippen molar-refractivity contribution in [3.05, 3.63) is 119 Å². The summed E-state index contributed by atoms with van der Waals surface area (Å²) >= 11 is 0. The number of allylic oxidation sites excluding steroid dienone is 2. The molecule has 0 aromatic heterocycles. The van der Waals surface area contributed by atoms with Crippen LogP contribution < -0.4 is 0 Å². The molecule has 34 heavy (non-hydrogen) atoms. The molecule has 1 saturated carbocycles. The second-order valence-corrected chi connectivity index (χ2v) is 10.4. The van der Waals surface area contributed by atoms with Gasteiger partial charge in [0, 0.05) is 0 Å². The maximum atomic E-state index is 2.41. The molecule has 1 fully saturated rings. The smallest absolute Gasteiger partial charge is 0.0162 e. The van der Waals surface area contributed by atoms with Gasteiger partial charge in [0.2, 0.25) is 0 Å². The molecule has 0 spiro atoms. The first-order chi connectivity index (χ1) is 16.7. The van der Waals surface area contributed by atoms with Gasteiger partial charge in [-0.2, -0.15) is 0 Å². The van der Waals surface area contributed by atoms with E-state index in [1.54, 1.807) is 5.56 Å². The zero-order valence-corrected chi connectivity index (χ0v) is 21.3. The van der Waals surface area contributed by atoms with Crippen LogP contribution in [0.15, 0.2) is 91.0 Å². The molecule has 0 amide bonds. The topological polar surface area (TPSA) is 0 Å². The van der Waals surface area contributed by atoms with Gasteiger partial charge in [0.1, 0.15) is 0 Å². The summed E-state index contributed by atoms with van der Waals surface area (Å²) in [7, 11) is 0. The van der Waals surface area contributed by atoms with Crippen LogP contribution in [-0.4, -0.2) is 0 Å². The third-order valence-electron chi connectivity index (χ3n) is 7.91. The molecule has 1 aliphatic rings. The van der Waals surface area contributed by atoms with E-state index in [0.29, 0.717) is 5.92 Å². The van der Waals surface area contributed by atoms with Crippen molar-refractivity contribution in [3.8, 4) is 0 Å². The molecule has 178 valence electrons. The summed E-state index contributed by atoms with van der Waals surface area (Å²) in [4.78, 5) is 0. The highest BCUT2D eigenvalue weighted by Crippen LogP contribution is 2.39. The molecule has 0 bridgehead atoms. The number of hydrogen-bond donors (Lipinski definition) is 0. The second-order valence-electron chi connectivity index (χ2n) is 10.4. The van der Waals surface area contributed by atoms with Gasteiger partial charge >= 0.3 is 0 Å². The molecule has 3 aromatic rings. The van der Waals surface area contributed by atoms with Crippen LogP contribution in [0.2, 0.25) is 0 Å². The zero-order chi connectivity index (χ0) is 23.6. The summed E-state index contributed by atoms with van der Waals surface area (Å²) in [5.41, 5.74) is 7.41. The Hall–Kier alpha value is -2.60. The number of rotatable bonds is 10. The molecular weight excluding hydrogens is 408 g/mol. The quantitative estimate of drug-likeness (QED) is 0.270. The Morgan fingerprint density at radius 1 is 0.706 bits per heavy atom. The van der Waals surface area contributed by atoms with Gasteiger partial charge < -0.3 is 0 Å². The highest BCUT2D eigenvalue weighted by molar-refractivity contribution is 5.28. The van der Waals surface area contributed by atoms with Crippen molar-refractivity contribution in [1.29, 1.82) is 0 Å². The van der Waals surface area contributed by atoms with E-state index in [9.17, 15) is 0 Å². The van der Waals surface area contributed by atoms with Gasteiger partial charge in [0.25, 0.3) is 0 Å². The van der Waals surface area contributed by atoms with Crippen molar-refractivity contribution in [2.24, 2.45) is 5.92 Å². The Bertz CT molecular complexity index is 986. The van der Waals surface area contributed by atoms with E-state index >= 15 is 0 Å². The van der Waals surface area contributed by atoms with Crippen molar-refractivity contribution in [2.45, 2.75) is 83.5 Å². The van der Waals surface area contributed by atoms with E-state index < -0.39 is 0 Å². The number of benzene rings is 3. The van der Waals surface area contributed by atoms with Gasteiger partial charge in [0.05, 0.1) is 0 Å². The normalized spacial score (nSPS) is 19.4. The summed E-state index contributed by atoms with van der Waals surface area (Å²) in [6.07, 6.45) is 15.7. The van der Waals surface area contributed by atoms with E-state index in [1.807, 2.05) is 0 Å². The average Bonchev–Trinajstić information content (AvgIpc) is 2.90. The lowest BCUT2D eigenvalue weighted by Crippen LogP contribution is -2.15.